The second-order valence-corrected chi connectivity index (χ2v) is 12.6. The Balaban J connectivity index is 1.28. The highest BCUT2D eigenvalue weighted by molar-refractivity contribution is 6.37. The van der Waals surface area contributed by atoms with Gasteiger partial charge in [-0.3, -0.25) is 9.69 Å². The number of rotatable bonds is 7. The predicted octanol–water partition coefficient (Wildman–Crippen LogP) is 7.45. The number of hydrogen-bond acceptors (Lipinski definition) is 4. The lowest BCUT2D eigenvalue weighted by Gasteiger charge is -2.46. The highest BCUT2D eigenvalue weighted by atomic mass is 35.5. The molecule has 2 heterocycles. The zero-order valence-corrected chi connectivity index (χ0v) is 25.9. The van der Waals surface area contributed by atoms with Gasteiger partial charge in [-0.25, -0.2) is 9.18 Å². The summed E-state index contributed by atoms with van der Waals surface area (Å²) < 4.78 is 59.1. The van der Waals surface area contributed by atoms with Crippen LogP contribution in [0.3, 0.4) is 0 Å². The van der Waals surface area contributed by atoms with Crippen LogP contribution in [0.25, 0.3) is 0 Å². The highest BCUT2D eigenvalue weighted by Gasteiger charge is 2.46. The molecule has 6 nitrogen and oxygen atoms in total. The van der Waals surface area contributed by atoms with Crippen molar-refractivity contribution < 1.29 is 31.9 Å². The first-order chi connectivity index (χ1) is 20.8. The van der Waals surface area contributed by atoms with Gasteiger partial charge in [-0.2, -0.15) is 13.2 Å². The number of benzene rings is 2. The van der Waals surface area contributed by atoms with Crippen LogP contribution in [0.4, 0.5) is 28.0 Å². The Labute approximate surface area is 263 Å². The van der Waals surface area contributed by atoms with E-state index in [9.17, 15) is 27.2 Å². The third kappa shape index (κ3) is 6.77. The average molecular weight is 655 g/mol. The fourth-order valence-electron chi connectivity index (χ4n) is 6.13. The molecule has 1 aliphatic carbocycles. The molecule has 236 valence electrons. The third-order valence-electron chi connectivity index (χ3n) is 8.71. The van der Waals surface area contributed by atoms with E-state index in [2.05, 4.69) is 4.90 Å². The lowest BCUT2D eigenvalue weighted by molar-refractivity contribution is -0.137. The van der Waals surface area contributed by atoms with Gasteiger partial charge in [0.25, 0.3) is 0 Å². The standard InChI is InChI=1S/C32H33Cl2F4N3O3/c1-39(19-20-3-6-22(7-4-20)32(36,37)38)29(42)24(21-5-9-26(33)27(34)17-21)11-14-41-15-12-31(13-16-41)25-18-23(35)8-10-28(25)40(2)30(43)44-31/h3-8,10,17-18,24,26H,9,11-16,19H2,1-2H3. The van der Waals surface area contributed by atoms with Gasteiger partial charge in [-0.15, -0.1) is 11.6 Å². The van der Waals surface area contributed by atoms with Gasteiger partial charge in [0.15, 0.2) is 0 Å². The van der Waals surface area contributed by atoms with Crippen molar-refractivity contribution in [3.63, 3.8) is 0 Å². The van der Waals surface area contributed by atoms with Gasteiger partial charge in [-0.1, -0.05) is 29.8 Å². The number of amides is 2. The number of nitrogens with zero attached hydrogens (tertiary/aromatic N) is 3. The van der Waals surface area contributed by atoms with Crippen LogP contribution < -0.4 is 4.90 Å². The number of carbonyl (C=O) groups is 2. The minimum absolute atomic E-state index is 0.137. The zero-order chi connectivity index (χ0) is 31.8. The smallest absolute Gasteiger partial charge is 0.416 e. The van der Waals surface area contributed by atoms with E-state index in [4.69, 9.17) is 27.9 Å². The SMILES string of the molecule is CN(Cc1ccc(C(F)(F)F)cc1)C(=O)C(CCN1CCC2(CC1)OC(=O)N(C)c1ccc(F)cc12)C1=CCC(Cl)C(Cl)=C1. The number of hydrogen-bond donors (Lipinski definition) is 0. The number of ether oxygens (including phenoxy) is 1. The maximum absolute atomic E-state index is 14.2. The van der Waals surface area contributed by atoms with Gasteiger partial charge in [-0.05, 0) is 66.9 Å². The Hall–Kier alpha value is -3.08. The first-order valence-electron chi connectivity index (χ1n) is 14.4. The van der Waals surface area contributed by atoms with Crippen LogP contribution in [0.1, 0.15) is 42.4 Å². The molecule has 1 spiro atoms. The van der Waals surface area contributed by atoms with Crippen molar-refractivity contribution >= 4 is 40.9 Å². The van der Waals surface area contributed by atoms with Crippen LogP contribution in [0, 0.1) is 11.7 Å². The highest BCUT2D eigenvalue weighted by Crippen LogP contribution is 2.45. The largest absolute Gasteiger partial charge is 0.437 e. The molecular formula is C32H33Cl2F4N3O3. The maximum Gasteiger partial charge on any atom is 0.416 e. The fraction of sp³-hybridized carbons (Fsp3) is 0.438. The fourth-order valence-corrected chi connectivity index (χ4v) is 6.50. The second-order valence-electron chi connectivity index (χ2n) is 11.6. The molecule has 2 aromatic carbocycles. The van der Waals surface area contributed by atoms with Crippen LogP contribution in [-0.2, 0) is 27.9 Å². The first kappa shape index (κ1) is 32.3. The number of likely N-dealkylation sites (tertiary alicyclic amines) is 1. The second kappa shape index (κ2) is 12.7. The summed E-state index contributed by atoms with van der Waals surface area (Å²) in [5.74, 6) is -1.14. The summed E-state index contributed by atoms with van der Waals surface area (Å²) in [6.07, 6.45) is 0.586. The van der Waals surface area contributed by atoms with Crippen molar-refractivity contribution in [1.82, 2.24) is 9.80 Å². The summed E-state index contributed by atoms with van der Waals surface area (Å²) in [6, 6.07) is 9.13. The molecule has 0 bridgehead atoms. The summed E-state index contributed by atoms with van der Waals surface area (Å²) in [4.78, 5) is 31.5. The average Bonchev–Trinajstić information content (AvgIpc) is 2.98. The molecule has 2 unspecified atom stereocenters. The molecule has 0 radical (unpaired) electrons. The number of alkyl halides is 4. The van der Waals surface area contributed by atoms with Crippen molar-refractivity contribution in [1.29, 1.82) is 0 Å². The number of allylic oxidation sites excluding steroid dienone is 3. The Kier molecular flexibility index (Phi) is 9.35. The Morgan fingerprint density at radius 3 is 2.48 bits per heavy atom. The van der Waals surface area contributed by atoms with Crippen molar-refractivity contribution in [3.05, 3.63) is 87.7 Å². The van der Waals surface area contributed by atoms with E-state index in [0.29, 0.717) is 67.2 Å². The van der Waals surface area contributed by atoms with Gasteiger partial charge in [0, 0.05) is 57.2 Å². The lowest BCUT2D eigenvalue weighted by Crippen LogP contribution is -2.51. The number of halogens is 6. The third-order valence-corrected chi connectivity index (χ3v) is 9.60. The van der Waals surface area contributed by atoms with Crippen molar-refractivity contribution in [3.8, 4) is 0 Å². The minimum Gasteiger partial charge on any atom is -0.437 e. The monoisotopic (exact) mass is 653 g/mol. The molecule has 2 atom stereocenters. The topological polar surface area (TPSA) is 53.1 Å². The zero-order valence-electron chi connectivity index (χ0n) is 24.3. The van der Waals surface area contributed by atoms with E-state index in [-0.39, 0.29) is 17.8 Å². The van der Waals surface area contributed by atoms with Gasteiger partial charge in [0.05, 0.1) is 22.5 Å². The molecule has 1 saturated heterocycles. The van der Waals surface area contributed by atoms with Gasteiger partial charge < -0.3 is 14.5 Å². The van der Waals surface area contributed by atoms with Gasteiger partial charge in [0.2, 0.25) is 5.91 Å². The predicted molar refractivity (Wildman–Crippen MR) is 161 cm³/mol. The van der Waals surface area contributed by atoms with Crippen LogP contribution in [-0.4, -0.2) is 60.9 Å². The van der Waals surface area contributed by atoms with E-state index in [1.54, 1.807) is 26.2 Å². The van der Waals surface area contributed by atoms with Crippen LogP contribution in [0.2, 0.25) is 0 Å². The number of piperidine rings is 1. The Bertz CT molecular complexity index is 1470. The van der Waals surface area contributed by atoms with E-state index in [1.165, 1.54) is 34.1 Å². The van der Waals surface area contributed by atoms with Crippen LogP contribution >= 0.6 is 23.2 Å². The minimum atomic E-state index is -4.44. The molecule has 0 aromatic heterocycles. The van der Waals surface area contributed by atoms with E-state index in [0.717, 1.165) is 17.7 Å². The lowest BCUT2D eigenvalue weighted by atomic mass is 9.81. The van der Waals surface area contributed by atoms with E-state index in [1.807, 2.05) is 6.08 Å². The molecule has 44 heavy (non-hydrogen) atoms. The summed E-state index contributed by atoms with van der Waals surface area (Å²) in [6.45, 7) is 1.82. The number of anilines is 1. The molecule has 0 N–H and O–H groups in total. The summed E-state index contributed by atoms with van der Waals surface area (Å²) in [5, 5.41) is 0.0755. The molecule has 5 rings (SSSR count). The first-order valence-corrected chi connectivity index (χ1v) is 15.2. The quantitative estimate of drug-likeness (QED) is 0.230. The summed E-state index contributed by atoms with van der Waals surface area (Å²) >= 11 is 12.6. The van der Waals surface area contributed by atoms with E-state index >= 15 is 0 Å². The molecule has 3 aliphatic rings. The van der Waals surface area contributed by atoms with Gasteiger partial charge in [0.1, 0.15) is 11.4 Å². The molecule has 2 amide bonds. The molecular weight excluding hydrogens is 621 g/mol. The van der Waals surface area contributed by atoms with Crippen LogP contribution in [0.5, 0.6) is 0 Å². The number of carbonyl (C=O) groups excluding carboxylic acids is 2. The number of fused-ring (bicyclic) bond motifs is 2. The van der Waals surface area contributed by atoms with Crippen LogP contribution in [0.15, 0.2) is 65.2 Å². The van der Waals surface area contributed by atoms with Crippen molar-refractivity contribution in [2.24, 2.45) is 5.92 Å². The Morgan fingerprint density at radius 1 is 1.16 bits per heavy atom. The van der Waals surface area contributed by atoms with Crippen molar-refractivity contribution in [2.75, 3.05) is 38.6 Å². The summed E-state index contributed by atoms with van der Waals surface area (Å²) in [7, 11) is 3.22. The molecule has 12 heteroatoms. The molecule has 1 fully saturated rings. The normalized spacial score (nSPS) is 20.9. The molecule has 0 saturated carbocycles. The Morgan fingerprint density at radius 2 is 1.84 bits per heavy atom. The summed E-state index contributed by atoms with van der Waals surface area (Å²) in [5.41, 5.74) is 0.932. The molecule has 2 aromatic rings. The van der Waals surface area contributed by atoms with E-state index < -0.39 is 35.2 Å². The molecule has 2 aliphatic heterocycles. The maximum atomic E-state index is 14.2. The van der Waals surface area contributed by atoms with Crippen molar-refractivity contribution in [2.45, 2.75) is 49.4 Å². The van der Waals surface area contributed by atoms with Gasteiger partial charge >= 0.3 is 12.3 Å².